The molecule has 102 valence electrons. The Bertz CT molecular complexity index is 291. The second-order valence-electron chi connectivity index (χ2n) is 3.51. The number of aliphatic hydroxyl groups excluding tert-OH is 3. The second kappa shape index (κ2) is 5.70. The Kier molecular flexibility index (Phi) is 5.02. The molecule has 0 aromatic heterocycles. The molecule has 1 saturated heterocycles. The molecule has 0 spiro atoms. The molecule has 0 bridgehead atoms. The average Bonchev–Trinajstić information content (AvgIpc) is 2.52. The van der Waals surface area contributed by atoms with E-state index in [-0.39, 0.29) is 0 Å². The zero-order valence-electron chi connectivity index (χ0n) is 8.91. The molecular formula is C7H15O9P. The minimum atomic E-state index is -4.84. The number of rotatable bonds is 5. The number of aliphatic hydroxyl groups is 3. The molecule has 10 heteroatoms. The maximum Gasteiger partial charge on any atom is 0.472 e. The van der Waals surface area contributed by atoms with Crippen LogP contribution in [0.4, 0.5) is 0 Å². The van der Waals surface area contributed by atoms with E-state index in [2.05, 4.69) is 4.52 Å². The monoisotopic (exact) mass is 274 g/mol. The number of hydrogen-bond acceptors (Lipinski definition) is 7. The van der Waals surface area contributed by atoms with Crippen LogP contribution in [-0.2, 0) is 18.6 Å². The van der Waals surface area contributed by atoms with Gasteiger partial charge in [-0.05, 0) is 0 Å². The third-order valence-corrected chi connectivity index (χ3v) is 2.79. The minimum absolute atomic E-state index is 0.653. The smallest absolute Gasteiger partial charge is 0.394 e. The van der Waals surface area contributed by atoms with E-state index in [4.69, 9.17) is 24.4 Å². The molecule has 0 amide bonds. The van der Waals surface area contributed by atoms with E-state index in [1.807, 2.05) is 0 Å². The van der Waals surface area contributed by atoms with Crippen molar-refractivity contribution < 1.29 is 43.7 Å². The van der Waals surface area contributed by atoms with Gasteiger partial charge in [0.05, 0.1) is 6.61 Å². The highest BCUT2D eigenvalue weighted by molar-refractivity contribution is 7.46. The van der Waals surface area contributed by atoms with Crippen LogP contribution in [0.5, 0.6) is 0 Å². The molecule has 0 unspecified atom stereocenters. The molecule has 0 aromatic rings. The molecule has 1 aliphatic heterocycles. The number of ether oxygens (including phenoxy) is 2. The Morgan fingerprint density at radius 1 is 1.47 bits per heavy atom. The van der Waals surface area contributed by atoms with Gasteiger partial charge in [0.25, 0.3) is 0 Å². The van der Waals surface area contributed by atoms with Crippen molar-refractivity contribution in [1.29, 1.82) is 0 Å². The highest BCUT2D eigenvalue weighted by atomic mass is 31.2. The van der Waals surface area contributed by atoms with Crippen molar-refractivity contribution in [2.45, 2.75) is 30.7 Å². The number of methoxy groups -OCH3 is 1. The lowest BCUT2D eigenvalue weighted by atomic mass is 10.1. The topological polar surface area (TPSA) is 146 Å². The van der Waals surface area contributed by atoms with E-state index < -0.39 is 45.1 Å². The fourth-order valence-corrected chi connectivity index (χ4v) is 2.02. The first kappa shape index (κ1) is 15.0. The van der Waals surface area contributed by atoms with Gasteiger partial charge in [-0.25, -0.2) is 4.57 Å². The summed E-state index contributed by atoms with van der Waals surface area (Å²) in [6.07, 6.45) is -6.68. The largest absolute Gasteiger partial charge is 0.472 e. The van der Waals surface area contributed by atoms with E-state index in [1.165, 1.54) is 7.11 Å². The quantitative estimate of drug-likeness (QED) is 0.345. The first-order chi connectivity index (χ1) is 7.80. The third kappa shape index (κ3) is 3.68. The molecule has 0 aromatic carbocycles. The van der Waals surface area contributed by atoms with Gasteiger partial charge in [-0.2, -0.15) is 0 Å². The van der Waals surface area contributed by atoms with E-state index in [0.717, 1.165) is 0 Å². The second-order valence-corrected chi connectivity index (χ2v) is 4.70. The number of phosphoric ester groups is 1. The van der Waals surface area contributed by atoms with Gasteiger partial charge in [0.15, 0.2) is 6.29 Å². The predicted molar refractivity (Wildman–Crippen MR) is 51.7 cm³/mol. The van der Waals surface area contributed by atoms with Crippen LogP contribution in [0.15, 0.2) is 0 Å². The fraction of sp³-hybridized carbons (Fsp3) is 1.00. The van der Waals surface area contributed by atoms with E-state index in [1.54, 1.807) is 0 Å². The lowest BCUT2D eigenvalue weighted by Crippen LogP contribution is -2.41. The van der Waals surface area contributed by atoms with Gasteiger partial charge < -0.3 is 34.6 Å². The summed E-state index contributed by atoms with van der Waals surface area (Å²) in [7, 11) is -3.62. The van der Waals surface area contributed by atoms with Crippen LogP contribution in [-0.4, -0.2) is 69.5 Å². The molecule has 5 N–H and O–H groups in total. The van der Waals surface area contributed by atoms with E-state index >= 15 is 0 Å². The fourth-order valence-electron chi connectivity index (χ4n) is 1.57. The molecular weight excluding hydrogens is 259 g/mol. The molecule has 1 rings (SSSR count). The SMILES string of the molecule is CO[C@@H]1[C@@H](O)[C@@H](OP(=O)(O)O)O[C@H]1[C@H](O)CO. The Hall–Kier alpha value is -0.0900. The Labute approximate surface area is 96.8 Å². The summed E-state index contributed by atoms with van der Waals surface area (Å²) in [4.78, 5) is 17.2. The first-order valence-corrected chi connectivity index (χ1v) is 6.22. The lowest BCUT2D eigenvalue weighted by Gasteiger charge is -2.21. The van der Waals surface area contributed by atoms with Crippen LogP contribution >= 0.6 is 7.82 Å². The Morgan fingerprint density at radius 2 is 2.06 bits per heavy atom. The molecule has 1 fully saturated rings. The van der Waals surface area contributed by atoms with Crippen molar-refractivity contribution in [2.75, 3.05) is 13.7 Å². The molecule has 0 saturated carbocycles. The minimum Gasteiger partial charge on any atom is -0.394 e. The summed E-state index contributed by atoms with van der Waals surface area (Å²) in [5.74, 6) is 0. The van der Waals surface area contributed by atoms with Crippen molar-refractivity contribution in [3.8, 4) is 0 Å². The summed E-state index contributed by atoms with van der Waals surface area (Å²) in [6, 6.07) is 0. The Morgan fingerprint density at radius 3 is 2.47 bits per heavy atom. The van der Waals surface area contributed by atoms with Crippen molar-refractivity contribution in [1.82, 2.24) is 0 Å². The van der Waals surface area contributed by atoms with Crippen molar-refractivity contribution >= 4 is 7.82 Å². The van der Waals surface area contributed by atoms with Crippen LogP contribution in [0.2, 0.25) is 0 Å². The zero-order valence-corrected chi connectivity index (χ0v) is 9.80. The highest BCUT2D eigenvalue weighted by Crippen LogP contribution is 2.41. The molecule has 5 atom stereocenters. The van der Waals surface area contributed by atoms with Gasteiger partial charge in [-0.3, -0.25) is 4.52 Å². The molecule has 1 aliphatic rings. The summed E-state index contributed by atoms with van der Waals surface area (Å²) in [6.45, 7) is -0.653. The van der Waals surface area contributed by atoms with Crippen LogP contribution in [0, 0.1) is 0 Å². The summed E-state index contributed by atoms with van der Waals surface area (Å²) < 4.78 is 24.5. The van der Waals surface area contributed by atoms with Crippen LogP contribution in [0.3, 0.4) is 0 Å². The van der Waals surface area contributed by atoms with Crippen LogP contribution in [0.1, 0.15) is 0 Å². The van der Waals surface area contributed by atoms with Gasteiger partial charge >= 0.3 is 7.82 Å². The first-order valence-electron chi connectivity index (χ1n) is 4.69. The lowest BCUT2D eigenvalue weighted by molar-refractivity contribution is -0.144. The maximum absolute atomic E-state index is 10.6. The van der Waals surface area contributed by atoms with Gasteiger partial charge in [0.2, 0.25) is 0 Å². The highest BCUT2D eigenvalue weighted by Gasteiger charge is 2.49. The van der Waals surface area contributed by atoms with Crippen molar-refractivity contribution in [2.24, 2.45) is 0 Å². The van der Waals surface area contributed by atoms with Gasteiger partial charge in [-0.15, -0.1) is 0 Å². The molecule has 17 heavy (non-hydrogen) atoms. The standard InChI is InChI=1S/C7H15O9P/c1-14-6-4(10)7(16-17(11,12)13)15-5(6)3(9)2-8/h3-10H,2H2,1H3,(H2,11,12,13)/t3-,4-,5+,6-,7-/m1/s1. The summed E-state index contributed by atoms with van der Waals surface area (Å²) in [5, 5.41) is 27.7. The molecule has 0 aliphatic carbocycles. The Balaban J connectivity index is 2.76. The molecule has 1 heterocycles. The number of phosphoric acid groups is 1. The van der Waals surface area contributed by atoms with Gasteiger partial charge in [0.1, 0.15) is 24.4 Å². The normalized spacial score (nSPS) is 36.1. The summed E-state index contributed by atoms with van der Waals surface area (Å²) in [5.41, 5.74) is 0. The summed E-state index contributed by atoms with van der Waals surface area (Å²) >= 11 is 0. The van der Waals surface area contributed by atoms with Crippen molar-refractivity contribution in [3.63, 3.8) is 0 Å². The van der Waals surface area contributed by atoms with Crippen LogP contribution in [0.25, 0.3) is 0 Å². The zero-order chi connectivity index (χ0) is 13.2. The molecule has 9 nitrogen and oxygen atoms in total. The molecule has 0 radical (unpaired) electrons. The third-order valence-electron chi connectivity index (χ3n) is 2.31. The van der Waals surface area contributed by atoms with Crippen molar-refractivity contribution in [3.05, 3.63) is 0 Å². The number of hydrogen-bond donors (Lipinski definition) is 5. The van der Waals surface area contributed by atoms with E-state index in [9.17, 15) is 14.8 Å². The predicted octanol–water partition coefficient (Wildman–Crippen LogP) is -2.45. The maximum atomic E-state index is 10.6. The van der Waals surface area contributed by atoms with Crippen LogP contribution < -0.4 is 0 Å². The van der Waals surface area contributed by atoms with Gasteiger partial charge in [-0.1, -0.05) is 0 Å². The van der Waals surface area contributed by atoms with E-state index in [0.29, 0.717) is 0 Å². The van der Waals surface area contributed by atoms with Gasteiger partial charge in [0, 0.05) is 7.11 Å². The average molecular weight is 274 g/mol.